The second-order valence-electron chi connectivity index (χ2n) is 8.26. The van der Waals surface area contributed by atoms with E-state index in [1.165, 1.54) is 0 Å². The van der Waals surface area contributed by atoms with Gasteiger partial charge in [0.2, 0.25) is 0 Å². The van der Waals surface area contributed by atoms with Crippen LogP contribution in [-0.4, -0.2) is 47.4 Å². The molecule has 0 aliphatic carbocycles. The summed E-state index contributed by atoms with van der Waals surface area (Å²) >= 11 is 13.1. The molecule has 9 heteroatoms. The highest BCUT2D eigenvalue weighted by Crippen LogP contribution is 2.39. The van der Waals surface area contributed by atoms with Gasteiger partial charge in [0.15, 0.2) is 0 Å². The van der Waals surface area contributed by atoms with Gasteiger partial charge in [-0.1, -0.05) is 41.4 Å². The van der Waals surface area contributed by atoms with Crippen LogP contribution in [0.2, 0.25) is 10.0 Å². The Balaban J connectivity index is 1.41. The molecule has 0 unspecified atom stereocenters. The van der Waals surface area contributed by atoms with E-state index in [-0.39, 0.29) is 0 Å². The summed E-state index contributed by atoms with van der Waals surface area (Å²) in [5.74, 6) is 1.82. The van der Waals surface area contributed by atoms with Crippen molar-refractivity contribution in [1.29, 1.82) is 0 Å². The molecule has 4 aliphatic heterocycles. The first-order chi connectivity index (χ1) is 16.7. The molecule has 1 saturated heterocycles. The Labute approximate surface area is 207 Å². The largest absolute Gasteiger partial charge is 0.378 e. The Kier molecular flexibility index (Phi) is 5.61. The first-order valence-corrected chi connectivity index (χ1v) is 12.0. The molecule has 0 aromatic heterocycles. The molecule has 7 nitrogen and oxygen atoms in total. The van der Waals surface area contributed by atoms with E-state index >= 15 is 0 Å². The third-order valence-corrected chi connectivity index (χ3v) is 6.82. The Bertz CT molecular complexity index is 1410. The predicted molar refractivity (Wildman–Crippen MR) is 135 cm³/mol. The summed E-state index contributed by atoms with van der Waals surface area (Å²) in [6.45, 7) is 4.78. The molecule has 2 aromatic rings. The summed E-state index contributed by atoms with van der Waals surface area (Å²) in [4.78, 5) is 16.2. The summed E-state index contributed by atoms with van der Waals surface area (Å²) in [6, 6.07) is 15.8. The van der Waals surface area contributed by atoms with E-state index in [1.807, 2.05) is 48.7 Å². The molecule has 34 heavy (non-hydrogen) atoms. The number of rotatable bonds is 3. The van der Waals surface area contributed by atoms with Crippen LogP contribution in [0.1, 0.15) is 0 Å². The number of fused-ring (bicyclic) bond motifs is 3. The Morgan fingerprint density at radius 3 is 2.62 bits per heavy atom. The monoisotopic (exact) mass is 492 g/mol. The predicted octanol–water partition coefficient (Wildman–Crippen LogP) is 4.85. The lowest BCUT2D eigenvalue weighted by molar-refractivity contribution is 0.122. The van der Waals surface area contributed by atoms with Crippen molar-refractivity contribution >= 4 is 40.4 Å². The van der Waals surface area contributed by atoms with Crippen LogP contribution in [0.15, 0.2) is 59.7 Å². The van der Waals surface area contributed by atoms with E-state index in [1.54, 1.807) is 0 Å². The molecule has 2 aromatic carbocycles. The molecule has 0 atom stereocenters. The minimum Gasteiger partial charge on any atom is -0.378 e. The maximum absolute atomic E-state index is 6.58. The summed E-state index contributed by atoms with van der Waals surface area (Å²) in [5.41, 5.74) is 5.02. The minimum absolute atomic E-state index is 0.376. The second-order valence-corrected chi connectivity index (χ2v) is 9.08. The normalized spacial score (nSPS) is 16.1. The van der Waals surface area contributed by atoms with Gasteiger partial charge in [-0.3, -0.25) is 0 Å². The lowest BCUT2D eigenvalue weighted by Gasteiger charge is -2.29. The highest BCUT2D eigenvalue weighted by atomic mass is 35.5. The van der Waals surface area contributed by atoms with Gasteiger partial charge in [0, 0.05) is 59.8 Å². The highest BCUT2D eigenvalue weighted by molar-refractivity contribution is 6.33. The SMILES string of the molecule is Clc1cc(N2CCOCC2)ccc1N=c1ncc2cc(-c3ccccc3Cl)c3n(c-2n1)CCN3. The van der Waals surface area contributed by atoms with Gasteiger partial charge in [-0.05, 0) is 30.3 Å². The number of hydrogen-bond acceptors (Lipinski definition) is 6. The molecule has 0 saturated carbocycles. The van der Waals surface area contributed by atoms with Crippen LogP contribution in [0.4, 0.5) is 17.2 Å². The van der Waals surface area contributed by atoms with E-state index in [0.29, 0.717) is 21.4 Å². The van der Waals surface area contributed by atoms with Crippen molar-refractivity contribution in [2.45, 2.75) is 6.54 Å². The summed E-state index contributed by atoms with van der Waals surface area (Å²) in [7, 11) is 0. The molecule has 0 bridgehead atoms. The highest BCUT2D eigenvalue weighted by Gasteiger charge is 2.23. The summed E-state index contributed by atoms with van der Waals surface area (Å²) in [5, 5.41) is 4.76. The fraction of sp³-hybridized carbons (Fsp3) is 0.240. The van der Waals surface area contributed by atoms with Gasteiger partial charge >= 0.3 is 0 Å². The molecular weight excluding hydrogens is 471 g/mol. The Hall–Kier alpha value is -3.13. The number of aromatic nitrogens is 3. The van der Waals surface area contributed by atoms with E-state index < -0.39 is 0 Å². The molecule has 4 aliphatic rings. The van der Waals surface area contributed by atoms with Gasteiger partial charge in [0.1, 0.15) is 11.6 Å². The van der Waals surface area contributed by atoms with Crippen molar-refractivity contribution in [1.82, 2.24) is 14.5 Å². The maximum Gasteiger partial charge on any atom is 0.251 e. The number of benzene rings is 2. The quantitative estimate of drug-likeness (QED) is 0.442. The van der Waals surface area contributed by atoms with Gasteiger partial charge in [0.25, 0.3) is 5.62 Å². The van der Waals surface area contributed by atoms with E-state index in [0.717, 1.165) is 73.4 Å². The molecule has 172 valence electrons. The second kappa shape index (κ2) is 8.91. The third-order valence-electron chi connectivity index (χ3n) is 6.18. The number of morpholine rings is 1. The van der Waals surface area contributed by atoms with Crippen LogP contribution in [-0.2, 0) is 11.3 Å². The van der Waals surface area contributed by atoms with Crippen LogP contribution in [0.3, 0.4) is 0 Å². The van der Waals surface area contributed by atoms with Crippen molar-refractivity contribution in [3.05, 3.63) is 70.4 Å². The topological polar surface area (TPSA) is 67.6 Å². The van der Waals surface area contributed by atoms with Gasteiger partial charge in [-0.25, -0.2) is 9.98 Å². The summed E-state index contributed by atoms with van der Waals surface area (Å²) in [6.07, 6.45) is 1.81. The number of hydrogen-bond donors (Lipinski definition) is 1. The summed E-state index contributed by atoms with van der Waals surface area (Å²) < 4.78 is 7.60. The number of anilines is 2. The molecule has 0 amide bonds. The zero-order chi connectivity index (χ0) is 23.1. The lowest BCUT2D eigenvalue weighted by atomic mass is 10.0. The van der Waals surface area contributed by atoms with Crippen LogP contribution in [0.25, 0.3) is 22.5 Å². The van der Waals surface area contributed by atoms with Crippen molar-refractivity contribution in [2.24, 2.45) is 4.99 Å². The Morgan fingerprint density at radius 2 is 1.79 bits per heavy atom. The van der Waals surface area contributed by atoms with Crippen LogP contribution in [0, 0.1) is 0 Å². The Morgan fingerprint density at radius 1 is 0.941 bits per heavy atom. The number of ether oxygens (including phenoxy) is 1. The number of pyridine rings is 1. The van der Waals surface area contributed by atoms with Gasteiger partial charge < -0.3 is 19.5 Å². The molecule has 6 rings (SSSR count). The first kappa shape index (κ1) is 21.4. The van der Waals surface area contributed by atoms with E-state index in [4.69, 9.17) is 32.9 Å². The minimum atomic E-state index is 0.376. The van der Waals surface area contributed by atoms with Gasteiger partial charge in [0.05, 0.1) is 23.9 Å². The first-order valence-electron chi connectivity index (χ1n) is 11.2. The fourth-order valence-electron chi connectivity index (χ4n) is 4.51. The molecule has 4 heterocycles. The van der Waals surface area contributed by atoms with Crippen LogP contribution in [0.5, 0.6) is 0 Å². The molecule has 0 radical (unpaired) electrons. The zero-order valence-electron chi connectivity index (χ0n) is 18.3. The van der Waals surface area contributed by atoms with Crippen molar-refractivity contribution < 1.29 is 4.74 Å². The van der Waals surface area contributed by atoms with Crippen LogP contribution >= 0.6 is 23.2 Å². The molecular formula is C25H22Cl2N6O. The fourth-order valence-corrected chi connectivity index (χ4v) is 4.97. The smallest absolute Gasteiger partial charge is 0.251 e. The lowest BCUT2D eigenvalue weighted by Crippen LogP contribution is -2.36. The molecule has 1 fully saturated rings. The third kappa shape index (κ3) is 3.90. The average Bonchev–Trinajstić information content (AvgIpc) is 3.36. The van der Waals surface area contributed by atoms with Crippen molar-refractivity contribution in [2.75, 3.05) is 43.1 Å². The van der Waals surface area contributed by atoms with Crippen molar-refractivity contribution in [3.8, 4) is 22.5 Å². The van der Waals surface area contributed by atoms with Crippen molar-refractivity contribution in [3.63, 3.8) is 0 Å². The van der Waals surface area contributed by atoms with E-state index in [2.05, 4.69) is 30.8 Å². The zero-order valence-corrected chi connectivity index (χ0v) is 19.9. The maximum atomic E-state index is 6.58. The molecule has 0 spiro atoms. The average molecular weight is 493 g/mol. The van der Waals surface area contributed by atoms with Crippen LogP contribution < -0.4 is 15.8 Å². The molecule has 1 N–H and O–H groups in total. The number of halogens is 2. The van der Waals surface area contributed by atoms with Gasteiger partial charge in [-0.15, -0.1) is 0 Å². The van der Waals surface area contributed by atoms with E-state index in [9.17, 15) is 0 Å². The standard InChI is InChI=1S/C25H22Cl2N6O/c26-20-4-2-1-3-18(20)19-13-16-15-29-25(31-23(16)33-8-7-28-24(19)33)30-22-6-5-17(14-21(22)27)32-9-11-34-12-10-32/h1-6,13-15,28H,7-12H2. The van der Waals surface area contributed by atoms with Gasteiger partial charge in [-0.2, -0.15) is 4.98 Å². The number of nitrogens with zero attached hydrogens (tertiary/aromatic N) is 5. The number of nitrogens with one attached hydrogen (secondary N) is 1.